The molecule has 0 spiro atoms. The maximum absolute atomic E-state index is 12.9. The summed E-state index contributed by atoms with van der Waals surface area (Å²) in [6, 6.07) is 8.31. The zero-order valence-corrected chi connectivity index (χ0v) is 15.2. The molecular weight excluding hydrogens is 364 g/mol. The van der Waals surface area contributed by atoms with Gasteiger partial charge in [-0.1, -0.05) is 6.07 Å². The molecule has 0 bridgehead atoms. The molecule has 0 atom stereocenters. The first-order valence-electron chi connectivity index (χ1n) is 7.63. The molecule has 1 N–H and O–H groups in total. The smallest absolute Gasteiger partial charge is 0.349 e. The van der Waals surface area contributed by atoms with Crippen LogP contribution in [0.4, 0.5) is 5.69 Å². The van der Waals surface area contributed by atoms with E-state index in [1.807, 2.05) is 11.0 Å². The minimum Gasteiger partial charge on any atom is -0.508 e. The third kappa shape index (κ3) is 3.48. The van der Waals surface area contributed by atoms with Gasteiger partial charge in [0.25, 0.3) is 0 Å². The van der Waals surface area contributed by atoms with E-state index in [4.69, 9.17) is 0 Å². The number of esters is 1. The SMILES string of the molecule is COC(=O)c1sccc1S(=O)(=O)N1CCN(c2cccc(O)c2)CC1. The fourth-order valence-electron chi connectivity index (χ4n) is 2.76. The monoisotopic (exact) mass is 382 g/mol. The van der Waals surface area contributed by atoms with Crippen LogP contribution in [0.25, 0.3) is 0 Å². The number of ether oxygens (including phenoxy) is 1. The maximum Gasteiger partial charge on any atom is 0.349 e. The van der Waals surface area contributed by atoms with Crippen LogP contribution in [0.15, 0.2) is 40.6 Å². The second-order valence-corrected chi connectivity index (χ2v) is 8.34. The quantitative estimate of drug-likeness (QED) is 0.811. The fourth-order valence-corrected chi connectivity index (χ4v) is 5.49. The number of methoxy groups -OCH3 is 1. The van der Waals surface area contributed by atoms with E-state index in [1.165, 1.54) is 17.5 Å². The molecule has 9 heteroatoms. The van der Waals surface area contributed by atoms with E-state index in [0.717, 1.165) is 17.0 Å². The highest BCUT2D eigenvalue weighted by molar-refractivity contribution is 7.89. The molecule has 1 saturated heterocycles. The van der Waals surface area contributed by atoms with Gasteiger partial charge in [-0.15, -0.1) is 11.3 Å². The number of rotatable bonds is 4. The highest BCUT2D eigenvalue weighted by Gasteiger charge is 2.32. The Bertz CT molecular complexity index is 870. The van der Waals surface area contributed by atoms with Crippen molar-refractivity contribution < 1.29 is 23.1 Å². The number of hydrogen-bond acceptors (Lipinski definition) is 7. The predicted molar refractivity (Wildman–Crippen MR) is 94.7 cm³/mol. The molecule has 0 amide bonds. The Hall–Kier alpha value is -2.10. The van der Waals surface area contributed by atoms with Crippen LogP contribution in [0, 0.1) is 0 Å². The second kappa shape index (κ2) is 7.03. The van der Waals surface area contributed by atoms with Gasteiger partial charge >= 0.3 is 5.97 Å². The van der Waals surface area contributed by atoms with Gasteiger partial charge in [-0.3, -0.25) is 0 Å². The molecule has 134 valence electrons. The molecule has 3 rings (SSSR count). The van der Waals surface area contributed by atoms with Crippen LogP contribution < -0.4 is 4.90 Å². The summed E-state index contributed by atoms with van der Waals surface area (Å²) in [5.74, 6) is -0.472. The average Bonchev–Trinajstić information content (AvgIpc) is 3.12. The zero-order valence-electron chi connectivity index (χ0n) is 13.6. The molecule has 2 heterocycles. The normalized spacial score (nSPS) is 16.0. The van der Waals surface area contributed by atoms with Gasteiger partial charge in [0.15, 0.2) is 0 Å². The number of phenols is 1. The van der Waals surface area contributed by atoms with Crippen molar-refractivity contribution in [2.45, 2.75) is 4.90 Å². The molecule has 0 aliphatic carbocycles. The second-order valence-electron chi connectivity index (χ2n) is 5.52. The Morgan fingerprint density at radius 2 is 1.92 bits per heavy atom. The van der Waals surface area contributed by atoms with Gasteiger partial charge in [0.1, 0.15) is 15.5 Å². The number of sulfonamides is 1. The highest BCUT2D eigenvalue weighted by Crippen LogP contribution is 2.28. The van der Waals surface area contributed by atoms with E-state index >= 15 is 0 Å². The van der Waals surface area contributed by atoms with Gasteiger partial charge in [-0.2, -0.15) is 4.31 Å². The molecule has 25 heavy (non-hydrogen) atoms. The largest absolute Gasteiger partial charge is 0.508 e. The van der Waals surface area contributed by atoms with E-state index in [0.29, 0.717) is 26.2 Å². The summed E-state index contributed by atoms with van der Waals surface area (Å²) in [6.45, 7) is 1.60. The predicted octanol–water partition coefficient (Wildman–Crippen LogP) is 1.75. The third-order valence-corrected chi connectivity index (χ3v) is 7.02. The van der Waals surface area contributed by atoms with E-state index in [2.05, 4.69) is 4.74 Å². The Morgan fingerprint density at radius 1 is 1.20 bits per heavy atom. The van der Waals surface area contributed by atoms with Gasteiger partial charge in [0, 0.05) is 37.9 Å². The van der Waals surface area contributed by atoms with Crippen molar-refractivity contribution in [2.75, 3.05) is 38.2 Å². The van der Waals surface area contributed by atoms with Gasteiger partial charge in [0.05, 0.1) is 7.11 Å². The molecule has 2 aromatic rings. The molecule has 1 aromatic carbocycles. The van der Waals surface area contributed by atoms with Gasteiger partial charge < -0.3 is 14.7 Å². The van der Waals surface area contributed by atoms with Crippen LogP contribution in [0.3, 0.4) is 0 Å². The molecule has 0 unspecified atom stereocenters. The molecule has 0 saturated carbocycles. The maximum atomic E-state index is 12.9. The Morgan fingerprint density at radius 3 is 2.56 bits per heavy atom. The lowest BCUT2D eigenvalue weighted by atomic mass is 10.2. The van der Waals surface area contributed by atoms with E-state index in [9.17, 15) is 18.3 Å². The van der Waals surface area contributed by atoms with Crippen molar-refractivity contribution in [3.05, 3.63) is 40.6 Å². The van der Waals surface area contributed by atoms with Crippen molar-refractivity contribution in [1.82, 2.24) is 4.31 Å². The number of benzene rings is 1. The van der Waals surface area contributed by atoms with Crippen molar-refractivity contribution in [2.24, 2.45) is 0 Å². The molecule has 1 fully saturated rings. The highest BCUT2D eigenvalue weighted by atomic mass is 32.2. The first-order chi connectivity index (χ1) is 11.9. The van der Waals surface area contributed by atoms with Gasteiger partial charge in [0.2, 0.25) is 10.0 Å². The lowest BCUT2D eigenvalue weighted by Crippen LogP contribution is -2.48. The summed E-state index contributed by atoms with van der Waals surface area (Å²) in [7, 11) is -2.52. The number of anilines is 1. The fraction of sp³-hybridized carbons (Fsp3) is 0.312. The van der Waals surface area contributed by atoms with Crippen LogP contribution >= 0.6 is 11.3 Å². The Balaban J connectivity index is 1.76. The van der Waals surface area contributed by atoms with E-state index in [1.54, 1.807) is 23.6 Å². The average molecular weight is 382 g/mol. The minimum atomic E-state index is -3.75. The Kier molecular flexibility index (Phi) is 4.98. The summed E-state index contributed by atoms with van der Waals surface area (Å²) in [4.78, 5) is 13.9. The number of thiophene rings is 1. The number of carbonyl (C=O) groups excluding carboxylic acids is 1. The van der Waals surface area contributed by atoms with Crippen LogP contribution in [0.1, 0.15) is 9.67 Å². The molecule has 1 aliphatic rings. The summed E-state index contributed by atoms with van der Waals surface area (Å²) >= 11 is 1.05. The molecule has 1 aliphatic heterocycles. The topological polar surface area (TPSA) is 87.2 Å². The van der Waals surface area contributed by atoms with Crippen molar-refractivity contribution in [3.8, 4) is 5.75 Å². The number of carbonyl (C=O) groups is 1. The third-order valence-electron chi connectivity index (χ3n) is 4.05. The zero-order chi connectivity index (χ0) is 18.0. The molecule has 1 aromatic heterocycles. The van der Waals surface area contributed by atoms with E-state index in [-0.39, 0.29) is 15.5 Å². The molecule has 0 radical (unpaired) electrons. The standard InChI is InChI=1S/C16H18N2O5S2/c1-23-16(20)15-14(5-10-24-15)25(21,22)18-8-6-17(7-9-18)12-3-2-4-13(19)11-12/h2-5,10-11,19H,6-9H2,1H3. The first kappa shape index (κ1) is 17.7. The van der Waals surface area contributed by atoms with Crippen molar-refractivity contribution in [3.63, 3.8) is 0 Å². The van der Waals surface area contributed by atoms with Crippen molar-refractivity contribution in [1.29, 1.82) is 0 Å². The molecular formula is C16H18N2O5S2. The Labute approximate surface area is 150 Å². The first-order valence-corrected chi connectivity index (χ1v) is 9.95. The number of nitrogens with zero attached hydrogens (tertiary/aromatic N) is 2. The number of piperazine rings is 1. The summed E-state index contributed by atoms with van der Waals surface area (Å²) in [6.07, 6.45) is 0. The minimum absolute atomic E-state index is 0.00449. The van der Waals surface area contributed by atoms with Crippen LogP contribution in [0.2, 0.25) is 0 Å². The van der Waals surface area contributed by atoms with E-state index < -0.39 is 16.0 Å². The lowest BCUT2D eigenvalue weighted by molar-refractivity contribution is 0.0602. The lowest BCUT2D eigenvalue weighted by Gasteiger charge is -2.35. The van der Waals surface area contributed by atoms with Crippen LogP contribution in [-0.4, -0.2) is 57.1 Å². The van der Waals surface area contributed by atoms with Crippen LogP contribution in [0.5, 0.6) is 5.75 Å². The molecule has 7 nitrogen and oxygen atoms in total. The number of phenolic OH excluding ortho intramolecular Hbond substituents is 1. The van der Waals surface area contributed by atoms with Crippen molar-refractivity contribution >= 4 is 33.0 Å². The summed E-state index contributed by atoms with van der Waals surface area (Å²) < 4.78 is 31.7. The summed E-state index contributed by atoms with van der Waals surface area (Å²) in [5, 5.41) is 11.2. The number of hydrogen-bond donors (Lipinski definition) is 1. The number of aromatic hydroxyl groups is 1. The van der Waals surface area contributed by atoms with Gasteiger partial charge in [-0.25, -0.2) is 13.2 Å². The summed E-state index contributed by atoms with van der Waals surface area (Å²) in [5.41, 5.74) is 0.850. The van der Waals surface area contributed by atoms with Gasteiger partial charge in [-0.05, 0) is 23.6 Å². The van der Waals surface area contributed by atoms with Crippen LogP contribution in [-0.2, 0) is 14.8 Å².